The summed E-state index contributed by atoms with van der Waals surface area (Å²) in [6.07, 6.45) is 3.54. The van der Waals surface area contributed by atoms with Crippen molar-refractivity contribution in [1.29, 1.82) is 0 Å². The lowest BCUT2D eigenvalue weighted by Gasteiger charge is -2.14. The molecule has 0 saturated heterocycles. The molecule has 1 aliphatic rings. The smallest absolute Gasteiger partial charge is 0.209 e. The summed E-state index contributed by atoms with van der Waals surface area (Å²) < 4.78 is 31.7. The predicted octanol–water partition coefficient (Wildman–Crippen LogP) is 2.99. The Morgan fingerprint density at radius 2 is 1.87 bits per heavy atom. The van der Waals surface area contributed by atoms with Gasteiger partial charge in [0.05, 0.1) is 6.10 Å². The molecule has 1 N–H and O–H groups in total. The van der Waals surface area contributed by atoms with E-state index in [0.29, 0.717) is 0 Å². The van der Waals surface area contributed by atoms with Crippen LogP contribution in [0.25, 0.3) is 0 Å². The van der Waals surface area contributed by atoms with Crippen LogP contribution in [0.3, 0.4) is 0 Å². The van der Waals surface area contributed by atoms with E-state index in [1.165, 1.54) is 0 Å². The Kier molecular flexibility index (Phi) is 2.75. The van der Waals surface area contributed by atoms with Crippen LogP contribution in [-0.4, -0.2) is 11.2 Å². The number of halogens is 2. The Hall–Kier alpha value is -1.32. The molecule has 0 atom stereocenters. The standard InChI is InChI=1S/C11H12F2O2/c12-8-5-6-9(14)10(13)11(8)15-7-3-1-2-4-7/h5-7,14H,1-4H2. The number of hydrogen-bond acceptors (Lipinski definition) is 2. The van der Waals surface area contributed by atoms with E-state index >= 15 is 0 Å². The van der Waals surface area contributed by atoms with E-state index in [4.69, 9.17) is 9.84 Å². The molecule has 1 aromatic carbocycles. The zero-order valence-corrected chi connectivity index (χ0v) is 8.17. The van der Waals surface area contributed by atoms with Crippen LogP contribution in [0.2, 0.25) is 0 Å². The van der Waals surface area contributed by atoms with Gasteiger partial charge in [-0.15, -0.1) is 0 Å². The molecule has 0 radical (unpaired) electrons. The van der Waals surface area contributed by atoms with Crippen LogP contribution in [0, 0.1) is 11.6 Å². The Balaban J connectivity index is 2.22. The highest BCUT2D eigenvalue weighted by Crippen LogP contribution is 2.32. The fraction of sp³-hybridized carbons (Fsp3) is 0.455. The normalized spacial score (nSPS) is 16.9. The number of phenolic OH excluding ortho intramolecular Hbond substituents is 1. The minimum absolute atomic E-state index is 0.129. The molecule has 0 heterocycles. The lowest BCUT2D eigenvalue weighted by Crippen LogP contribution is -2.13. The first-order valence-electron chi connectivity index (χ1n) is 5.02. The van der Waals surface area contributed by atoms with Gasteiger partial charge in [-0.25, -0.2) is 4.39 Å². The molecule has 0 aliphatic heterocycles. The molecule has 0 bridgehead atoms. The number of aromatic hydroxyl groups is 1. The molecule has 1 fully saturated rings. The molecule has 0 spiro atoms. The largest absolute Gasteiger partial charge is 0.505 e. The van der Waals surface area contributed by atoms with Gasteiger partial charge in [-0.3, -0.25) is 0 Å². The second-order valence-electron chi connectivity index (χ2n) is 3.73. The maximum atomic E-state index is 13.3. The summed E-state index contributed by atoms with van der Waals surface area (Å²) in [5.74, 6) is -2.81. The molecule has 4 heteroatoms. The summed E-state index contributed by atoms with van der Waals surface area (Å²) in [5, 5.41) is 9.08. The summed E-state index contributed by atoms with van der Waals surface area (Å²) in [4.78, 5) is 0. The molecule has 82 valence electrons. The highest BCUT2D eigenvalue weighted by molar-refractivity contribution is 5.36. The van der Waals surface area contributed by atoms with Gasteiger partial charge in [0.15, 0.2) is 17.3 Å². The van der Waals surface area contributed by atoms with Gasteiger partial charge in [-0.2, -0.15) is 4.39 Å². The molecule has 0 amide bonds. The molecule has 2 nitrogen and oxygen atoms in total. The molecule has 1 aromatic rings. The van der Waals surface area contributed by atoms with Crippen LogP contribution < -0.4 is 4.74 Å². The third kappa shape index (κ3) is 2.03. The summed E-state index contributed by atoms with van der Waals surface area (Å²) in [7, 11) is 0. The maximum Gasteiger partial charge on any atom is 0.209 e. The fourth-order valence-electron chi connectivity index (χ4n) is 1.80. The van der Waals surface area contributed by atoms with Crippen molar-refractivity contribution < 1.29 is 18.6 Å². The highest BCUT2D eigenvalue weighted by Gasteiger charge is 2.22. The molecule has 0 unspecified atom stereocenters. The van der Waals surface area contributed by atoms with Crippen molar-refractivity contribution in [2.75, 3.05) is 0 Å². The van der Waals surface area contributed by atoms with Crippen molar-refractivity contribution in [1.82, 2.24) is 0 Å². The van der Waals surface area contributed by atoms with Crippen LogP contribution in [0.1, 0.15) is 25.7 Å². The quantitative estimate of drug-likeness (QED) is 0.820. The van der Waals surface area contributed by atoms with Gasteiger partial charge in [0, 0.05) is 0 Å². The second-order valence-corrected chi connectivity index (χ2v) is 3.73. The van der Waals surface area contributed by atoms with Crippen molar-refractivity contribution in [2.24, 2.45) is 0 Å². The third-order valence-electron chi connectivity index (χ3n) is 2.62. The van der Waals surface area contributed by atoms with Gasteiger partial charge < -0.3 is 9.84 Å². The minimum Gasteiger partial charge on any atom is -0.505 e. The van der Waals surface area contributed by atoms with Crippen LogP contribution in [0.5, 0.6) is 11.5 Å². The van der Waals surface area contributed by atoms with E-state index in [2.05, 4.69) is 0 Å². The zero-order chi connectivity index (χ0) is 10.8. The highest BCUT2D eigenvalue weighted by atomic mass is 19.1. The van der Waals surface area contributed by atoms with Crippen molar-refractivity contribution >= 4 is 0 Å². The lowest BCUT2D eigenvalue weighted by molar-refractivity contribution is 0.189. The Morgan fingerprint density at radius 1 is 1.20 bits per heavy atom. The summed E-state index contributed by atoms with van der Waals surface area (Å²) in [6, 6.07) is 1.98. The van der Waals surface area contributed by atoms with E-state index < -0.39 is 23.1 Å². The number of ether oxygens (including phenoxy) is 1. The fourth-order valence-corrected chi connectivity index (χ4v) is 1.80. The van der Waals surface area contributed by atoms with Crippen LogP contribution >= 0.6 is 0 Å². The molecular formula is C11H12F2O2. The molecule has 1 aliphatic carbocycles. The molecule has 1 saturated carbocycles. The number of hydrogen-bond donors (Lipinski definition) is 1. The van der Waals surface area contributed by atoms with E-state index in [1.54, 1.807) is 0 Å². The van der Waals surface area contributed by atoms with Crippen molar-refractivity contribution in [3.63, 3.8) is 0 Å². The summed E-state index contributed by atoms with van der Waals surface area (Å²) >= 11 is 0. The molecule has 0 aromatic heterocycles. The number of phenols is 1. The third-order valence-corrected chi connectivity index (χ3v) is 2.62. The van der Waals surface area contributed by atoms with E-state index in [0.717, 1.165) is 37.8 Å². The first kappa shape index (κ1) is 10.2. The lowest BCUT2D eigenvalue weighted by atomic mass is 10.2. The molecule has 15 heavy (non-hydrogen) atoms. The van der Waals surface area contributed by atoms with Crippen molar-refractivity contribution in [3.05, 3.63) is 23.8 Å². The van der Waals surface area contributed by atoms with Gasteiger partial charge in [0.25, 0.3) is 0 Å². The topological polar surface area (TPSA) is 29.5 Å². The summed E-state index contributed by atoms with van der Waals surface area (Å²) in [6.45, 7) is 0. The Morgan fingerprint density at radius 3 is 2.53 bits per heavy atom. The van der Waals surface area contributed by atoms with Gasteiger partial charge in [0.2, 0.25) is 5.82 Å². The first-order chi connectivity index (χ1) is 7.18. The maximum absolute atomic E-state index is 13.3. The van der Waals surface area contributed by atoms with Crippen LogP contribution in [-0.2, 0) is 0 Å². The second kappa shape index (κ2) is 4.04. The average molecular weight is 214 g/mol. The van der Waals surface area contributed by atoms with E-state index in [-0.39, 0.29) is 6.10 Å². The number of benzene rings is 1. The molecular weight excluding hydrogens is 202 g/mol. The SMILES string of the molecule is Oc1ccc(F)c(OC2CCCC2)c1F. The van der Waals surface area contributed by atoms with E-state index in [9.17, 15) is 8.78 Å². The summed E-state index contributed by atoms with van der Waals surface area (Å²) in [5.41, 5.74) is 0. The zero-order valence-electron chi connectivity index (χ0n) is 8.17. The van der Waals surface area contributed by atoms with Gasteiger partial charge in [-0.1, -0.05) is 0 Å². The van der Waals surface area contributed by atoms with Crippen LogP contribution in [0.4, 0.5) is 8.78 Å². The van der Waals surface area contributed by atoms with Crippen molar-refractivity contribution in [3.8, 4) is 11.5 Å². The monoisotopic (exact) mass is 214 g/mol. The molecule has 2 rings (SSSR count). The van der Waals surface area contributed by atoms with Crippen molar-refractivity contribution in [2.45, 2.75) is 31.8 Å². The van der Waals surface area contributed by atoms with Gasteiger partial charge in [0.1, 0.15) is 0 Å². The Labute approximate surface area is 86.5 Å². The predicted molar refractivity (Wildman–Crippen MR) is 50.9 cm³/mol. The van der Waals surface area contributed by atoms with Gasteiger partial charge >= 0.3 is 0 Å². The van der Waals surface area contributed by atoms with E-state index in [1.807, 2.05) is 0 Å². The first-order valence-corrected chi connectivity index (χ1v) is 5.02. The van der Waals surface area contributed by atoms with Gasteiger partial charge in [-0.05, 0) is 37.8 Å². The number of rotatable bonds is 2. The minimum atomic E-state index is -1.01. The Bertz CT molecular complexity index is 360. The van der Waals surface area contributed by atoms with Crippen LogP contribution in [0.15, 0.2) is 12.1 Å². The average Bonchev–Trinajstić information content (AvgIpc) is 2.71.